The first-order chi connectivity index (χ1) is 18.8. The summed E-state index contributed by atoms with van der Waals surface area (Å²) < 4.78 is 28.9. The Morgan fingerprint density at radius 2 is 1.50 bits per heavy atom. The van der Waals surface area contributed by atoms with Crippen LogP contribution in [0.25, 0.3) is 0 Å². The summed E-state index contributed by atoms with van der Waals surface area (Å²) in [5, 5.41) is 3.54. The van der Waals surface area contributed by atoms with E-state index in [2.05, 4.69) is 5.32 Å². The Labute approximate surface area is 247 Å². The molecule has 7 nitrogen and oxygen atoms in total. The van der Waals surface area contributed by atoms with Gasteiger partial charge in [0.2, 0.25) is 11.8 Å². The van der Waals surface area contributed by atoms with Gasteiger partial charge in [0, 0.05) is 13.1 Å². The number of hydrogen-bond donors (Lipinski definition) is 1. The van der Waals surface area contributed by atoms with E-state index < -0.39 is 28.5 Å². The molecule has 0 aliphatic heterocycles. The number of benzene rings is 3. The molecule has 0 radical (unpaired) electrons. The summed E-state index contributed by atoms with van der Waals surface area (Å²) in [6.07, 6.45) is 0. The molecule has 0 saturated heterocycles. The summed E-state index contributed by atoms with van der Waals surface area (Å²) in [5.41, 5.74) is 2.71. The van der Waals surface area contributed by atoms with Gasteiger partial charge in [0.15, 0.2) is 0 Å². The lowest BCUT2D eigenvalue weighted by Gasteiger charge is -2.32. The minimum Gasteiger partial charge on any atom is -0.354 e. The van der Waals surface area contributed by atoms with Crippen LogP contribution in [0.5, 0.6) is 0 Å². The zero-order valence-electron chi connectivity index (χ0n) is 23.3. The van der Waals surface area contributed by atoms with Crippen LogP contribution in [-0.2, 0) is 26.2 Å². The molecule has 1 atom stereocenters. The first-order valence-corrected chi connectivity index (χ1v) is 15.2. The first kappa shape index (κ1) is 31.5. The molecule has 0 heterocycles. The summed E-state index contributed by atoms with van der Waals surface area (Å²) >= 11 is 12.3. The summed E-state index contributed by atoms with van der Waals surface area (Å²) in [4.78, 5) is 28.5. The smallest absolute Gasteiger partial charge is 0.264 e. The van der Waals surface area contributed by atoms with Gasteiger partial charge < -0.3 is 10.2 Å². The second kappa shape index (κ2) is 13.5. The fourth-order valence-corrected chi connectivity index (χ4v) is 5.95. The molecule has 0 saturated carbocycles. The maximum Gasteiger partial charge on any atom is 0.264 e. The first-order valence-electron chi connectivity index (χ1n) is 13.0. The highest BCUT2D eigenvalue weighted by molar-refractivity contribution is 7.92. The summed E-state index contributed by atoms with van der Waals surface area (Å²) in [7, 11) is -4.12. The molecule has 0 aliphatic carbocycles. The van der Waals surface area contributed by atoms with Crippen molar-refractivity contribution in [2.45, 2.75) is 52.1 Å². The van der Waals surface area contributed by atoms with Crippen molar-refractivity contribution in [3.63, 3.8) is 0 Å². The van der Waals surface area contributed by atoms with Gasteiger partial charge in [-0.2, -0.15) is 0 Å². The van der Waals surface area contributed by atoms with Crippen molar-refractivity contribution in [1.29, 1.82) is 0 Å². The van der Waals surface area contributed by atoms with Gasteiger partial charge in [0.25, 0.3) is 10.0 Å². The highest BCUT2D eigenvalue weighted by atomic mass is 35.5. The Hall–Kier alpha value is -3.07. The lowest BCUT2D eigenvalue weighted by molar-refractivity contribution is -0.139. The topological polar surface area (TPSA) is 86.8 Å². The molecular formula is C30H35Cl2N3O4S. The zero-order valence-corrected chi connectivity index (χ0v) is 25.6. The Kier molecular flexibility index (Phi) is 10.6. The van der Waals surface area contributed by atoms with Crippen molar-refractivity contribution in [3.8, 4) is 0 Å². The molecule has 3 aromatic rings. The fraction of sp³-hybridized carbons (Fsp3) is 0.333. The lowest BCUT2D eigenvalue weighted by Crippen LogP contribution is -2.51. The number of hydrogen-bond acceptors (Lipinski definition) is 4. The molecular weight excluding hydrogens is 569 g/mol. The summed E-state index contributed by atoms with van der Waals surface area (Å²) in [6, 6.07) is 17.4. The number of anilines is 1. The Morgan fingerprint density at radius 1 is 0.875 bits per heavy atom. The average Bonchev–Trinajstić information content (AvgIpc) is 2.90. The maximum atomic E-state index is 14.0. The average molecular weight is 605 g/mol. The standard InChI is InChI=1S/C30H35Cl2N3O4S/c1-20(2)17-33-30(37)23(5)34(18-24-11-12-27(31)28(32)16-24)29(36)19-35(25-14-21(3)13-22(4)15-25)40(38,39)26-9-7-6-8-10-26/h6-16,20,23H,17-19H2,1-5H3,(H,33,37). The van der Waals surface area contributed by atoms with Crippen molar-refractivity contribution in [1.82, 2.24) is 10.2 Å². The lowest BCUT2D eigenvalue weighted by atomic mass is 10.1. The van der Waals surface area contributed by atoms with Gasteiger partial charge >= 0.3 is 0 Å². The molecule has 40 heavy (non-hydrogen) atoms. The second-order valence-corrected chi connectivity index (χ2v) is 12.9. The Bertz CT molecular complexity index is 1440. The second-order valence-electron chi connectivity index (χ2n) is 10.3. The third kappa shape index (κ3) is 7.99. The van der Waals surface area contributed by atoms with Crippen LogP contribution >= 0.6 is 23.2 Å². The van der Waals surface area contributed by atoms with E-state index in [1.165, 1.54) is 17.0 Å². The number of aryl methyl sites for hydroxylation is 2. The van der Waals surface area contributed by atoms with Crippen molar-refractivity contribution >= 4 is 50.7 Å². The molecule has 0 spiro atoms. The van der Waals surface area contributed by atoms with Gasteiger partial charge in [0.05, 0.1) is 20.6 Å². The van der Waals surface area contributed by atoms with E-state index in [0.29, 0.717) is 27.8 Å². The van der Waals surface area contributed by atoms with Gasteiger partial charge in [-0.15, -0.1) is 0 Å². The summed E-state index contributed by atoms with van der Waals surface area (Å²) in [5.74, 6) is -0.672. The van der Waals surface area contributed by atoms with E-state index in [0.717, 1.165) is 15.4 Å². The highest BCUT2D eigenvalue weighted by Gasteiger charge is 2.32. The Morgan fingerprint density at radius 3 is 2.08 bits per heavy atom. The minimum atomic E-state index is -4.12. The largest absolute Gasteiger partial charge is 0.354 e. The van der Waals surface area contributed by atoms with Crippen molar-refractivity contribution in [3.05, 3.63) is 93.5 Å². The number of halogens is 2. The monoisotopic (exact) mass is 603 g/mol. The van der Waals surface area contributed by atoms with E-state index in [4.69, 9.17) is 23.2 Å². The summed E-state index contributed by atoms with van der Waals surface area (Å²) in [6.45, 7) is 9.25. The van der Waals surface area contributed by atoms with Crippen LogP contribution in [0.2, 0.25) is 10.0 Å². The van der Waals surface area contributed by atoms with E-state index in [-0.39, 0.29) is 23.3 Å². The van der Waals surface area contributed by atoms with Gasteiger partial charge in [0.1, 0.15) is 12.6 Å². The van der Waals surface area contributed by atoms with E-state index in [9.17, 15) is 18.0 Å². The number of carbonyl (C=O) groups is 2. The molecule has 0 bridgehead atoms. The fourth-order valence-electron chi connectivity index (χ4n) is 4.21. The highest BCUT2D eigenvalue weighted by Crippen LogP contribution is 2.27. The molecule has 2 amide bonds. The van der Waals surface area contributed by atoms with E-state index in [1.54, 1.807) is 55.5 Å². The van der Waals surface area contributed by atoms with Crippen LogP contribution in [0.3, 0.4) is 0 Å². The Balaban J connectivity index is 2.05. The number of amides is 2. The normalized spacial score (nSPS) is 12.2. The third-order valence-corrected chi connectivity index (χ3v) is 8.82. The molecule has 0 aromatic heterocycles. The molecule has 10 heteroatoms. The van der Waals surface area contributed by atoms with Crippen LogP contribution in [0, 0.1) is 19.8 Å². The van der Waals surface area contributed by atoms with Crippen LogP contribution in [0.4, 0.5) is 5.69 Å². The number of rotatable bonds is 11. The number of sulfonamides is 1. The quantitative estimate of drug-likeness (QED) is 0.291. The van der Waals surface area contributed by atoms with Crippen molar-refractivity contribution < 1.29 is 18.0 Å². The molecule has 3 rings (SSSR count). The molecule has 0 aliphatic rings. The van der Waals surface area contributed by atoms with E-state index in [1.807, 2.05) is 33.8 Å². The molecule has 3 aromatic carbocycles. The number of nitrogens with one attached hydrogen (secondary N) is 1. The SMILES string of the molecule is Cc1cc(C)cc(N(CC(=O)N(Cc2ccc(Cl)c(Cl)c2)C(C)C(=O)NCC(C)C)S(=O)(=O)c2ccccc2)c1. The van der Waals surface area contributed by atoms with Crippen molar-refractivity contribution in [2.24, 2.45) is 5.92 Å². The van der Waals surface area contributed by atoms with Crippen LogP contribution < -0.4 is 9.62 Å². The maximum absolute atomic E-state index is 14.0. The number of carbonyl (C=O) groups excluding carboxylic acids is 2. The predicted molar refractivity (Wildman–Crippen MR) is 161 cm³/mol. The van der Waals surface area contributed by atoms with Gasteiger partial charge in [-0.05, 0) is 79.8 Å². The molecule has 0 fully saturated rings. The van der Waals surface area contributed by atoms with Crippen LogP contribution in [-0.4, -0.2) is 44.3 Å². The van der Waals surface area contributed by atoms with Crippen molar-refractivity contribution in [2.75, 3.05) is 17.4 Å². The van der Waals surface area contributed by atoms with Gasteiger partial charge in [-0.1, -0.05) is 67.4 Å². The minimum absolute atomic E-state index is 0.0259. The third-order valence-electron chi connectivity index (χ3n) is 6.29. The van der Waals surface area contributed by atoms with Gasteiger partial charge in [-0.25, -0.2) is 8.42 Å². The zero-order chi connectivity index (χ0) is 29.6. The van der Waals surface area contributed by atoms with E-state index >= 15 is 0 Å². The molecule has 1 unspecified atom stereocenters. The predicted octanol–water partition coefficient (Wildman–Crippen LogP) is 6.00. The van der Waals surface area contributed by atoms with Crippen LogP contribution in [0.1, 0.15) is 37.5 Å². The van der Waals surface area contributed by atoms with Gasteiger partial charge in [-0.3, -0.25) is 13.9 Å². The molecule has 214 valence electrons. The molecule has 1 N–H and O–H groups in total. The number of nitrogens with zero attached hydrogens (tertiary/aromatic N) is 2. The van der Waals surface area contributed by atoms with Crippen LogP contribution in [0.15, 0.2) is 71.6 Å².